The Bertz CT molecular complexity index is 607. The van der Waals surface area contributed by atoms with Crippen molar-refractivity contribution in [2.75, 3.05) is 0 Å². The molecular formula is C18H19N. The SMILES string of the molecule is CC=CC(=CC)c1cc(C)cc(-c2ccccc2)n1. The summed E-state index contributed by atoms with van der Waals surface area (Å²) >= 11 is 0. The topological polar surface area (TPSA) is 12.9 Å². The number of hydrogen-bond donors (Lipinski definition) is 0. The van der Waals surface area contributed by atoms with Crippen molar-refractivity contribution in [2.45, 2.75) is 20.8 Å². The van der Waals surface area contributed by atoms with Gasteiger partial charge in [0.25, 0.3) is 0 Å². The van der Waals surface area contributed by atoms with Crippen molar-refractivity contribution in [1.82, 2.24) is 4.98 Å². The third kappa shape index (κ3) is 3.19. The van der Waals surface area contributed by atoms with Gasteiger partial charge in [-0.05, 0) is 44.0 Å². The van der Waals surface area contributed by atoms with E-state index in [0.29, 0.717) is 0 Å². The number of pyridine rings is 1. The van der Waals surface area contributed by atoms with E-state index in [1.165, 1.54) is 5.56 Å². The van der Waals surface area contributed by atoms with Crippen LogP contribution < -0.4 is 0 Å². The van der Waals surface area contributed by atoms with Gasteiger partial charge in [-0.15, -0.1) is 0 Å². The molecule has 0 bridgehead atoms. The Morgan fingerprint density at radius 2 is 1.79 bits per heavy atom. The van der Waals surface area contributed by atoms with Crippen molar-refractivity contribution in [3.63, 3.8) is 0 Å². The van der Waals surface area contributed by atoms with Gasteiger partial charge < -0.3 is 0 Å². The van der Waals surface area contributed by atoms with Crippen LogP contribution in [0.2, 0.25) is 0 Å². The van der Waals surface area contributed by atoms with Crippen LogP contribution in [0.4, 0.5) is 0 Å². The zero-order chi connectivity index (χ0) is 13.7. The first-order valence-electron chi connectivity index (χ1n) is 6.58. The van der Waals surface area contributed by atoms with E-state index in [0.717, 1.165) is 22.5 Å². The molecule has 0 aliphatic rings. The van der Waals surface area contributed by atoms with E-state index in [1.807, 2.05) is 38.1 Å². The molecule has 1 heterocycles. The third-order valence-electron chi connectivity index (χ3n) is 2.99. The highest BCUT2D eigenvalue weighted by Crippen LogP contribution is 2.22. The molecule has 0 N–H and O–H groups in total. The third-order valence-corrected chi connectivity index (χ3v) is 2.99. The summed E-state index contributed by atoms with van der Waals surface area (Å²) in [4.78, 5) is 4.77. The quantitative estimate of drug-likeness (QED) is 0.695. The highest BCUT2D eigenvalue weighted by molar-refractivity contribution is 5.73. The predicted molar refractivity (Wildman–Crippen MR) is 82.9 cm³/mol. The molecule has 0 fully saturated rings. The van der Waals surface area contributed by atoms with E-state index in [2.05, 4.69) is 43.3 Å². The molecule has 0 aliphatic heterocycles. The molecule has 0 saturated heterocycles. The summed E-state index contributed by atoms with van der Waals surface area (Å²) in [6, 6.07) is 14.6. The van der Waals surface area contributed by atoms with E-state index in [9.17, 15) is 0 Å². The Kier molecular flexibility index (Phi) is 4.30. The van der Waals surface area contributed by atoms with Crippen LogP contribution in [0.1, 0.15) is 25.1 Å². The fourth-order valence-electron chi connectivity index (χ4n) is 2.08. The molecule has 1 heteroatoms. The maximum atomic E-state index is 4.77. The molecule has 2 rings (SSSR count). The molecule has 0 unspecified atom stereocenters. The number of aryl methyl sites for hydroxylation is 1. The fraction of sp³-hybridized carbons (Fsp3) is 0.167. The number of hydrogen-bond acceptors (Lipinski definition) is 1. The van der Waals surface area contributed by atoms with E-state index < -0.39 is 0 Å². The van der Waals surface area contributed by atoms with Crippen molar-refractivity contribution in [3.8, 4) is 11.3 Å². The zero-order valence-corrected chi connectivity index (χ0v) is 11.7. The van der Waals surface area contributed by atoms with Gasteiger partial charge in [-0.1, -0.05) is 48.6 Å². The second kappa shape index (κ2) is 6.14. The second-order valence-corrected chi connectivity index (χ2v) is 4.53. The van der Waals surface area contributed by atoms with Gasteiger partial charge in [-0.25, -0.2) is 4.98 Å². The Labute approximate surface area is 115 Å². The minimum atomic E-state index is 1.03. The molecule has 1 aromatic heterocycles. The molecule has 0 spiro atoms. The second-order valence-electron chi connectivity index (χ2n) is 4.53. The van der Waals surface area contributed by atoms with E-state index in [1.54, 1.807) is 0 Å². The smallest absolute Gasteiger partial charge is 0.0712 e. The number of nitrogens with zero attached hydrogens (tertiary/aromatic N) is 1. The number of benzene rings is 1. The van der Waals surface area contributed by atoms with E-state index >= 15 is 0 Å². The van der Waals surface area contributed by atoms with Gasteiger partial charge in [-0.3, -0.25) is 0 Å². The van der Waals surface area contributed by atoms with Crippen LogP contribution in [0, 0.1) is 6.92 Å². The number of aromatic nitrogens is 1. The highest BCUT2D eigenvalue weighted by Gasteiger charge is 2.05. The summed E-state index contributed by atoms with van der Waals surface area (Å²) in [5, 5.41) is 0. The summed E-state index contributed by atoms with van der Waals surface area (Å²) in [5.74, 6) is 0. The molecule has 19 heavy (non-hydrogen) atoms. The fourth-order valence-corrected chi connectivity index (χ4v) is 2.08. The first kappa shape index (κ1) is 13.3. The van der Waals surface area contributed by atoms with Crippen LogP contribution in [0.3, 0.4) is 0 Å². The Balaban J connectivity index is 2.52. The van der Waals surface area contributed by atoms with Crippen molar-refractivity contribution >= 4 is 5.57 Å². The molecule has 0 atom stereocenters. The predicted octanol–water partition coefficient (Wildman–Crippen LogP) is 5.04. The lowest BCUT2D eigenvalue weighted by Crippen LogP contribution is -1.92. The van der Waals surface area contributed by atoms with Gasteiger partial charge in [0.1, 0.15) is 0 Å². The van der Waals surface area contributed by atoms with Gasteiger partial charge in [0.05, 0.1) is 11.4 Å². The molecule has 1 aromatic carbocycles. The summed E-state index contributed by atoms with van der Waals surface area (Å²) in [7, 11) is 0. The van der Waals surface area contributed by atoms with Crippen molar-refractivity contribution in [2.24, 2.45) is 0 Å². The number of allylic oxidation sites excluding steroid dienone is 4. The minimum Gasteiger partial charge on any atom is -0.248 e. The van der Waals surface area contributed by atoms with Gasteiger partial charge in [0.2, 0.25) is 0 Å². The first-order valence-corrected chi connectivity index (χ1v) is 6.58. The molecule has 0 aliphatic carbocycles. The van der Waals surface area contributed by atoms with Crippen LogP contribution in [-0.2, 0) is 0 Å². The average molecular weight is 249 g/mol. The van der Waals surface area contributed by atoms with Gasteiger partial charge in [-0.2, -0.15) is 0 Å². The monoisotopic (exact) mass is 249 g/mol. The molecule has 96 valence electrons. The average Bonchev–Trinajstić information content (AvgIpc) is 2.45. The summed E-state index contributed by atoms with van der Waals surface area (Å²) in [6.45, 7) is 6.18. The van der Waals surface area contributed by atoms with Gasteiger partial charge in [0, 0.05) is 5.56 Å². The normalized spacial score (nSPS) is 12.1. The van der Waals surface area contributed by atoms with Crippen LogP contribution in [0.15, 0.2) is 60.7 Å². The lowest BCUT2D eigenvalue weighted by Gasteiger charge is -2.07. The minimum absolute atomic E-state index is 1.03. The van der Waals surface area contributed by atoms with Gasteiger partial charge >= 0.3 is 0 Å². The lowest BCUT2D eigenvalue weighted by atomic mass is 10.1. The Hall–Kier alpha value is -2.15. The Morgan fingerprint density at radius 1 is 1.05 bits per heavy atom. The van der Waals surface area contributed by atoms with Gasteiger partial charge in [0.15, 0.2) is 0 Å². The molecule has 0 saturated carbocycles. The van der Waals surface area contributed by atoms with E-state index in [-0.39, 0.29) is 0 Å². The molecule has 0 amide bonds. The van der Waals surface area contributed by atoms with Crippen LogP contribution in [0.5, 0.6) is 0 Å². The Morgan fingerprint density at radius 3 is 2.42 bits per heavy atom. The standard InChI is InChI=1S/C18H19N/c1-4-9-15(5-2)17-12-14(3)13-18(19-17)16-10-7-6-8-11-16/h4-13H,1-3H3. The number of rotatable bonds is 3. The summed E-state index contributed by atoms with van der Waals surface area (Å²) in [5.41, 5.74) is 5.60. The van der Waals surface area contributed by atoms with Crippen LogP contribution in [0.25, 0.3) is 16.8 Å². The van der Waals surface area contributed by atoms with Crippen LogP contribution in [-0.4, -0.2) is 4.98 Å². The van der Waals surface area contributed by atoms with Crippen molar-refractivity contribution < 1.29 is 0 Å². The summed E-state index contributed by atoms with van der Waals surface area (Å²) in [6.07, 6.45) is 6.23. The highest BCUT2D eigenvalue weighted by atomic mass is 14.7. The molecule has 0 radical (unpaired) electrons. The summed E-state index contributed by atoms with van der Waals surface area (Å²) < 4.78 is 0. The maximum Gasteiger partial charge on any atom is 0.0712 e. The maximum absolute atomic E-state index is 4.77. The van der Waals surface area contributed by atoms with Crippen molar-refractivity contribution in [3.05, 3.63) is 72.0 Å². The zero-order valence-electron chi connectivity index (χ0n) is 11.7. The lowest BCUT2D eigenvalue weighted by molar-refractivity contribution is 1.24. The molecule has 2 aromatic rings. The first-order chi connectivity index (χ1) is 9.24. The largest absolute Gasteiger partial charge is 0.248 e. The van der Waals surface area contributed by atoms with E-state index in [4.69, 9.17) is 4.98 Å². The molecular weight excluding hydrogens is 230 g/mol. The van der Waals surface area contributed by atoms with Crippen LogP contribution >= 0.6 is 0 Å². The molecule has 1 nitrogen and oxygen atoms in total. The van der Waals surface area contributed by atoms with Crippen molar-refractivity contribution in [1.29, 1.82) is 0 Å².